The number of fused-ring (bicyclic) bond motifs is 1. The monoisotopic (exact) mass is 277 g/mol. The van der Waals surface area contributed by atoms with Gasteiger partial charge in [0.2, 0.25) is 0 Å². The molecule has 0 unspecified atom stereocenters. The van der Waals surface area contributed by atoms with E-state index < -0.39 is 17.3 Å². The number of pyridine rings is 1. The molecule has 98 valence electrons. The molecule has 0 atom stereocenters. The molecule has 0 fully saturated rings. The number of rotatable bonds is 3. The van der Waals surface area contributed by atoms with Gasteiger partial charge in [0.25, 0.3) is 5.56 Å². The molecular weight excluding hydrogens is 266 g/mol. The number of aromatic nitrogens is 1. The van der Waals surface area contributed by atoms with Gasteiger partial charge in [0.15, 0.2) is 5.75 Å². The van der Waals surface area contributed by atoms with Crippen molar-refractivity contribution >= 4 is 27.5 Å². The predicted molar refractivity (Wildman–Crippen MR) is 72.5 cm³/mol. The van der Waals surface area contributed by atoms with Crippen LogP contribution in [-0.2, 0) is 11.3 Å². The molecular formula is C13H11NO4S. The summed E-state index contributed by atoms with van der Waals surface area (Å²) in [5.74, 6) is 1.02. The third kappa shape index (κ3) is 2.09. The van der Waals surface area contributed by atoms with E-state index in [1.165, 1.54) is 15.9 Å². The van der Waals surface area contributed by atoms with Crippen LogP contribution in [0.2, 0.25) is 0 Å². The molecule has 0 saturated carbocycles. The molecule has 2 aromatic rings. The number of ether oxygens (including phenoxy) is 1. The van der Waals surface area contributed by atoms with Gasteiger partial charge in [-0.25, -0.2) is 4.79 Å². The van der Waals surface area contributed by atoms with Crippen LogP contribution in [0.15, 0.2) is 16.2 Å². The number of hydrogen-bond donors (Lipinski definition) is 1. The Morgan fingerprint density at radius 1 is 1.63 bits per heavy atom. The summed E-state index contributed by atoms with van der Waals surface area (Å²) in [5, 5.41) is 11.6. The van der Waals surface area contributed by atoms with Gasteiger partial charge in [-0.15, -0.1) is 17.8 Å². The molecule has 0 aromatic carbocycles. The van der Waals surface area contributed by atoms with Crippen LogP contribution in [0.25, 0.3) is 10.2 Å². The van der Waals surface area contributed by atoms with Crippen molar-refractivity contribution in [3.05, 3.63) is 27.4 Å². The Labute approximate surface area is 113 Å². The van der Waals surface area contributed by atoms with Gasteiger partial charge >= 0.3 is 5.97 Å². The Bertz CT molecular complexity index is 735. The number of carbonyl (C=O) groups is 1. The van der Waals surface area contributed by atoms with Crippen molar-refractivity contribution < 1.29 is 14.6 Å². The maximum absolute atomic E-state index is 12.0. The summed E-state index contributed by atoms with van der Waals surface area (Å²) >= 11 is 1.24. The first-order chi connectivity index (χ1) is 9.11. The first-order valence-corrected chi connectivity index (χ1v) is 6.43. The van der Waals surface area contributed by atoms with Gasteiger partial charge in [-0.3, -0.25) is 9.36 Å². The fraction of sp³-hybridized carbons (Fsp3) is 0.231. The molecule has 5 nitrogen and oxygen atoms in total. The van der Waals surface area contributed by atoms with Gasteiger partial charge < -0.3 is 9.84 Å². The van der Waals surface area contributed by atoms with E-state index in [-0.39, 0.29) is 18.7 Å². The van der Waals surface area contributed by atoms with Crippen molar-refractivity contribution in [2.75, 3.05) is 6.61 Å². The molecule has 0 aliphatic carbocycles. The van der Waals surface area contributed by atoms with E-state index in [4.69, 9.17) is 11.2 Å². The number of nitrogens with zero attached hydrogens (tertiary/aromatic N) is 1. The summed E-state index contributed by atoms with van der Waals surface area (Å²) in [5.41, 5.74) is -0.258. The van der Waals surface area contributed by atoms with Crippen LogP contribution in [0.5, 0.6) is 5.75 Å². The maximum Gasteiger partial charge on any atom is 0.343 e. The van der Waals surface area contributed by atoms with Crippen LogP contribution < -0.4 is 5.56 Å². The lowest BCUT2D eigenvalue weighted by molar-refractivity contribution is 0.0525. The van der Waals surface area contributed by atoms with Crippen LogP contribution in [0.4, 0.5) is 0 Å². The summed E-state index contributed by atoms with van der Waals surface area (Å²) in [6.45, 7) is 1.85. The third-order valence-electron chi connectivity index (χ3n) is 2.58. The lowest BCUT2D eigenvalue weighted by Gasteiger charge is -2.09. The molecule has 1 N–H and O–H groups in total. The van der Waals surface area contributed by atoms with Gasteiger partial charge in [-0.05, 0) is 18.4 Å². The van der Waals surface area contributed by atoms with Crippen molar-refractivity contribution in [2.24, 2.45) is 0 Å². The quantitative estimate of drug-likeness (QED) is 0.683. The van der Waals surface area contributed by atoms with Gasteiger partial charge in [0.1, 0.15) is 5.56 Å². The first-order valence-electron chi connectivity index (χ1n) is 5.55. The minimum absolute atomic E-state index is 0.0305. The number of esters is 1. The second-order valence-corrected chi connectivity index (χ2v) is 4.59. The van der Waals surface area contributed by atoms with E-state index in [9.17, 15) is 14.7 Å². The van der Waals surface area contributed by atoms with Crippen molar-refractivity contribution in [3.8, 4) is 18.1 Å². The average Bonchev–Trinajstić information content (AvgIpc) is 2.84. The normalized spacial score (nSPS) is 10.3. The number of aromatic hydroxyl groups is 1. The average molecular weight is 277 g/mol. The van der Waals surface area contributed by atoms with E-state index in [1.807, 2.05) is 0 Å². The van der Waals surface area contributed by atoms with Gasteiger partial charge in [-0.1, -0.05) is 5.92 Å². The zero-order valence-electron chi connectivity index (χ0n) is 10.2. The van der Waals surface area contributed by atoms with Crippen molar-refractivity contribution in [3.63, 3.8) is 0 Å². The van der Waals surface area contributed by atoms with Crippen molar-refractivity contribution in [2.45, 2.75) is 13.5 Å². The highest BCUT2D eigenvalue weighted by atomic mass is 32.1. The molecule has 19 heavy (non-hydrogen) atoms. The summed E-state index contributed by atoms with van der Waals surface area (Å²) in [4.78, 5) is 23.8. The highest BCUT2D eigenvalue weighted by molar-refractivity contribution is 7.17. The second kappa shape index (κ2) is 5.16. The first kappa shape index (κ1) is 13.2. The lowest BCUT2D eigenvalue weighted by Crippen LogP contribution is -2.22. The third-order valence-corrected chi connectivity index (χ3v) is 3.50. The van der Waals surface area contributed by atoms with Crippen LogP contribution in [0.3, 0.4) is 0 Å². The SMILES string of the molecule is C#CCn1c(=O)c(O)c(C(=O)OCC)c2sccc21. The topological polar surface area (TPSA) is 68.5 Å². The fourth-order valence-electron chi connectivity index (χ4n) is 1.79. The number of thiophene rings is 1. The lowest BCUT2D eigenvalue weighted by atomic mass is 10.2. The molecule has 0 radical (unpaired) electrons. The number of hydrogen-bond acceptors (Lipinski definition) is 5. The minimum Gasteiger partial charge on any atom is -0.502 e. The van der Waals surface area contributed by atoms with E-state index in [0.717, 1.165) is 0 Å². The van der Waals surface area contributed by atoms with Crippen LogP contribution in [0, 0.1) is 12.3 Å². The molecule has 0 amide bonds. The fourth-order valence-corrected chi connectivity index (χ4v) is 2.72. The zero-order chi connectivity index (χ0) is 14.0. The van der Waals surface area contributed by atoms with E-state index in [1.54, 1.807) is 18.4 Å². The molecule has 2 rings (SSSR count). The molecule has 2 heterocycles. The van der Waals surface area contributed by atoms with E-state index in [2.05, 4.69) is 5.92 Å². The summed E-state index contributed by atoms with van der Waals surface area (Å²) in [6.07, 6.45) is 5.21. The second-order valence-electron chi connectivity index (χ2n) is 3.67. The molecule has 2 aromatic heterocycles. The number of terminal acetylenes is 1. The molecule has 0 aliphatic rings. The van der Waals surface area contributed by atoms with Gasteiger partial charge in [-0.2, -0.15) is 0 Å². The summed E-state index contributed by atoms with van der Waals surface area (Å²) in [6, 6.07) is 1.68. The molecule has 0 saturated heterocycles. The molecule has 0 spiro atoms. The zero-order valence-corrected chi connectivity index (χ0v) is 11.0. The Morgan fingerprint density at radius 3 is 3.00 bits per heavy atom. The van der Waals surface area contributed by atoms with E-state index in [0.29, 0.717) is 10.2 Å². The standard InChI is InChI=1S/C13H11NO4S/c1-3-6-14-8-5-7-19-11(8)9(10(15)12(14)16)13(17)18-4-2/h1,5,7,15H,4,6H2,2H3. The molecule has 0 bridgehead atoms. The van der Waals surface area contributed by atoms with Crippen LogP contribution in [0.1, 0.15) is 17.3 Å². The molecule has 6 heteroatoms. The Balaban J connectivity index is 2.81. The van der Waals surface area contributed by atoms with E-state index >= 15 is 0 Å². The van der Waals surface area contributed by atoms with Crippen molar-refractivity contribution in [1.82, 2.24) is 4.57 Å². The van der Waals surface area contributed by atoms with Crippen LogP contribution in [-0.4, -0.2) is 22.2 Å². The number of carbonyl (C=O) groups excluding carboxylic acids is 1. The maximum atomic E-state index is 12.0. The summed E-state index contributed by atoms with van der Waals surface area (Å²) in [7, 11) is 0. The van der Waals surface area contributed by atoms with Gasteiger partial charge in [0, 0.05) is 0 Å². The molecule has 0 aliphatic heterocycles. The highest BCUT2D eigenvalue weighted by Gasteiger charge is 2.23. The predicted octanol–water partition coefficient (Wildman–Crippen LogP) is 1.58. The minimum atomic E-state index is -0.711. The Hall–Kier alpha value is -2.26. The summed E-state index contributed by atoms with van der Waals surface area (Å²) < 4.78 is 6.61. The largest absolute Gasteiger partial charge is 0.502 e. The highest BCUT2D eigenvalue weighted by Crippen LogP contribution is 2.29. The van der Waals surface area contributed by atoms with Gasteiger partial charge in [0.05, 0.1) is 23.4 Å². The van der Waals surface area contributed by atoms with Crippen molar-refractivity contribution in [1.29, 1.82) is 0 Å². The Kier molecular flexibility index (Phi) is 3.58. The Morgan fingerprint density at radius 2 is 2.37 bits per heavy atom. The smallest absolute Gasteiger partial charge is 0.343 e. The van der Waals surface area contributed by atoms with Crippen LogP contribution >= 0.6 is 11.3 Å².